The highest BCUT2D eigenvalue weighted by Crippen LogP contribution is 2.17. The highest BCUT2D eigenvalue weighted by atomic mass is 35.5. The number of hydrogen-bond acceptors (Lipinski definition) is 3. The molecule has 26 heavy (non-hydrogen) atoms. The molecule has 1 aromatic heterocycles. The second-order valence-electron chi connectivity index (χ2n) is 5.85. The molecule has 3 rings (SSSR count). The van der Waals surface area contributed by atoms with Crippen molar-refractivity contribution >= 4 is 34.3 Å². The Morgan fingerprint density at radius 1 is 1.04 bits per heavy atom. The van der Waals surface area contributed by atoms with Crippen LogP contribution in [0.1, 0.15) is 23.2 Å². The number of para-hydroxylation sites is 2. The zero-order valence-electron chi connectivity index (χ0n) is 14.0. The molecule has 0 radical (unpaired) electrons. The van der Waals surface area contributed by atoms with Crippen molar-refractivity contribution in [1.29, 1.82) is 0 Å². The van der Waals surface area contributed by atoms with Crippen molar-refractivity contribution in [2.24, 2.45) is 0 Å². The summed E-state index contributed by atoms with van der Waals surface area (Å²) in [4.78, 5) is 38.8. The molecule has 0 saturated heterocycles. The molecule has 0 fully saturated rings. The zero-order valence-corrected chi connectivity index (χ0v) is 14.8. The smallest absolute Gasteiger partial charge is 0.326 e. The Kier molecular flexibility index (Phi) is 5.53. The van der Waals surface area contributed by atoms with Crippen molar-refractivity contribution in [3.05, 3.63) is 69.6 Å². The third-order valence-electron chi connectivity index (χ3n) is 4.09. The number of hydrogen-bond donors (Lipinski definition) is 2. The number of halogens is 1. The van der Waals surface area contributed by atoms with Crippen LogP contribution < -0.4 is 11.0 Å². The van der Waals surface area contributed by atoms with Crippen LogP contribution in [0.15, 0.2) is 53.3 Å². The molecule has 1 heterocycles. The Morgan fingerprint density at radius 3 is 2.58 bits per heavy atom. The monoisotopic (exact) mass is 371 g/mol. The predicted octanol–water partition coefficient (Wildman–Crippen LogP) is 2.76. The fraction of sp³-hybridized carbons (Fsp3) is 0.211. The minimum Gasteiger partial charge on any atom is -0.354 e. The number of carbonyl (C=O) groups is 2. The van der Waals surface area contributed by atoms with E-state index in [1.165, 1.54) is 0 Å². The summed E-state index contributed by atoms with van der Waals surface area (Å²) in [6, 6.07) is 14.1. The molecule has 0 atom stereocenters. The number of nitrogens with one attached hydrogen (secondary N) is 2. The first kappa shape index (κ1) is 17.9. The number of aromatic amines is 1. The lowest BCUT2D eigenvalue weighted by molar-refractivity contribution is -0.121. The third kappa shape index (κ3) is 4.03. The SMILES string of the molecule is O=C(CCC(=O)c1ccccc1Cl)NCCn1c(=O)[nH]c2ccccc21. The number of ketones is 1. The van der Waals surface area contributed by atoms with Crippen molar-refractivity contribution in [1.82, 2.24) is 14.9 Å². The average molecular weight is 372 g/mol. The summed E-state index contributed by atoms with van der Waals surface area (Å²) in [5.74, 6) is -0.406. The van der Waals surface area contributed by atoms with E-state index < -0.39 is 0 Å². The summed E-state index contributed by atoms with van der Waals surface area (Å²) < 4.78 is 1.57. The lowest BCUT2D eigenvalue weighted by Gasteiger charge is -2.07. The number of benzene rings is 2. The Labute approximate surface area is 154 Å². The fourth-order valence-electron chi connectivity index (χ4n) is 2.77. The average Bonchev–Trinajstić information content (AvgIpc) is 2.95. The summed E-state index contributed by atoms with van der Waals surface area (Å²) in [6.45, 7) is 0.661. The van der Waals surface area contributed by atoms with Crippen molar-refractivity contribution < 1.29 is 9.59 Å². The molecule has 0 aliphatic heterocycles. The maximum Gasteiger partial charge on any atom is 0.326 e. The zero-order chi connectivity index (χ0) is 18.5. The number of fused-ring (bicyclic) bond motifs is 1. The molecule has 0 aliphatic carbocycles. The van der Waals surface area contributed by atoms with Gasteiger partial charge in [-0.25, -0.2) is 4.79 Å². The molecule has 1 amide bonds. The van der Waals surface area contributed by atoms with Gasteiger partial charge in [0.15, 0.2) is 5.78 Å². The molecule has 2 aromatic carbocycles. The minimum absolute atomic E-state index is 0.0762. The Bertz CT molecular complexity index is 1010. The molecule has 0 saturated carbocycles. The van der Waals surface area contributed by atoms with Gasteiger partial charge in [0.2, 0.25) is 5.91 Å². The molecule has 0 unspecified atom stereocenters. The van der Waals surface area contributed by atoms with Gasteiger partial charge in [0.1, 0.15) is 0 Å². The van der Waals surface area contributed by atoms with E-state index in [4.69, 9.17) is 11.6 Å². The first-order valence-electron chi connectivity index (χ1n) is 8.28. The molecule has 2 N–H and O–H groups in total. The molecule has 134 valence electrons. The lowest BCUT2D eigenvalue weighted by atomic mass is 10.1. The van der Waals surface area contributed by atoms with E-state index in [0.29, 0.717) is 23.7 Å². The van der Waals surface area contributed by atoms with Crippen LogP contribution in [-0.2, 0) is 11.3 Å². The summed E-state index contributed by atoms with van der Waals surface area (Å²) in [7, 11) is 0. The van der Waals surface area contributed by atoms with Crippen LogP contribution in [0, 0.1) is 0 Å². The van der Waals surface area contributed by atoms with Crippen LogP contribution in [0.2, 0.25) is 5.02 Å². The number of H-pyrrole nitrogens is 1. The summed E-state index contributed by atoms with van der Waals surface area (Å²) >= 11 is 5.98. The molecular weight excluding hydrogens is 354 g/mol. The summed E-state index contributed by atoms with van der Waals surface area (Å²) in [5, 5.41) is 3.12. The van der Waals surface area contributed by atoms with E-state index in [9.17, 15) is 14.4 Å². The molecule has 0 bridgehead atoms. The van der Waals surface area contributed by atoms with Gasteiger partial charge in [0.25, 0.3) is 0 Å². The number of Topliss-reactive ketones (excluding diaryl/α,β-unsaturated/α-hetero) is 1. The number of aromatic nitrogens is 2. The maximum absolute atomic E-state index is 12.1. The molecule has 0 aliphatic rings. The number of amides is 1. The topological polar surface area (TPSA) is 84.0 Å². The molecule has 3 aromatic rings. The van der Waals surface area contributed by atoms with E-state index in [1.54, 1.807) is 28.8 Å². The molecule has 7 heteroatoms. The van der Waals surface area contributed by atoms with Crippen LogP contribution >= 0.6 is 11.6 Å². The largest absolute Gasteiger partial charge is 0.354 e. The van der Waals surface area contributed by atoms with Gasteiger partial charge < -0.3 is 10.3 Å². The van der Waals surface area contributed by atoms with Gasteiger partial charge in [0, 0.05) is 31.5 Å². The predicted molar refractivity (Wildman–Crippen MR) is 101 cm³/mol. The van der Waals surface area contributed by atoms with E-state index in [2.05, 4.69) is 10.3 Å². The number of imidazole rings is 1. The van der Waals surface area contributed by atoms with Gasteiger partial charge in [-0.2, -0.15) is 0 Å². The second kappa shape index (κ2) is 8.01. The first-order valence-corrected chi connectivity index (χ1v) is 8.66. The summed E-state index contributed by atoms with van der Waals surface area (Å²) in [6.07, 6.45) is 0.162. The van der Waals surface area contributed by atoms with E-state index in [1.807, 2.05) is 24.3 Å². The standard InChI is InChI=1S/C19H18ClN3O3/c20-14-6-2-1-5-13(14)17(24)9-10-18(25)21-11-12-23-16-8-4-3-7-15(16)22-19(23)26/h1-8H,9-12H2,(H,21,25)(H,22,26). The van der Waals surface area contributed by atoms with Gasteiger partial charge in [-0.05, 0) is 24.3 Å². The molecular formula is C19H18ClN3O3. The third-order valence-corrected chi connectivity index (χ3v) is 4.42. The Hall–Kier alpha value is -2.86. The van der Waals surface area contributed by atoms with Gasteiger partial charge in [-0.15, -0.1) is 0 Å². The van der Waals surface area contributed by atoms with Crippen molar-refractivity contribution in [3.8, 4) is 0 Å². The van der Waals surface area contributed by atoms with Crippen molar-refractivity contribution in [2.75, 3.05) is 6.54 Å². The van der Waals surface area contributed by atoms with Gasteiger partial charge in [0.05, 0.1) is 16.1 Å². The van der Waals surface area contributed by atoms with Gasteiger partial charge >= 0.3 is 5.69 Å². The van der Waals surface area contributed by atoms with Crippen LogP contribution in [-0.4, -0.2) is 27.8 Å². The van der Waals surface area contributed by atoms with Crippen LogP contribution in [0.25, 0.3) is 11.0 Å². The van der Waals surface area contributed by atoms with Gasteiger partial charge in [-0.1, -0.05) is 35.9 Å². The van der Waals surface area contributed by atoms with Crippen molar-refractivity contribution in [3.63, 3.8) is 0 Å². The molecule has 0 spiro atoms. The quantitative estimate of drug-likeness (QED) is 0.626. The van der Waals surface area contributed by atoms with Gasteiger partial charge in [-0.3, -0.25) is 14.2 Å². The highest BCUT2D eigenvalue weighted by molar-refractivity contribution is 6.34. The Morgan fingerprint density at radius 2 is 1.77 bits per heavy atom. The maximum atomic E-state index is 12.1. The highest BCUT2D eigenvalue weighted by Gasteiger charge is 2.12. The molecule has 6 nitrogen and oxygen atoms in total. The van der Waals surface area contributed by atoms with Crippen LogP contribution in [0.4, 0.5) is 0 Å². The minimum atomic E-state index is -0.238. The Balaban J connectivity index is 1.50. The van der Waals surface area contributed by atoms with E-state index in [-0.39, 0.29) is 30.2 Å². The van der Waals surface area contributed by atoms with E-state index in [0.717, 1.165) is 11.0 Å². The summed E-state index contributed by atoms with van der Waals surface area (Å²) in [5.41, 5.74) is 1.76. The first-order chi connectivity index (χ1) is 12.6. The lowest BCUT2D eigenvalue weighted by Crippen LogP contribution is -2.30. The second-order valence-corrected chi connectivity index (χ2v) is 6.26. The normalized spacial score (nSPS) is 10.8. The number of nitrogens with zero attached hydrogens (tertiary/aromatic N) is 1. The fourth-order valence-corrected chi connectivity index (χ4v) is 3.01. The van der Waals surface area contributed by atoms with Crippen LogP contribution in [0.5, 0.6) is 0 Å². The van der Waals surface area contributed by atoms with Crippen molar-refractivity contribution in [2.45, 2.75) is 19.4 Å². The van der Waals surface area contributed by atoms with Crippen LogP contribution in [0.3, 0.4) is 0 Å². The van der Waals surface area contributed by atoms with E-state index >= 15 is 0 Å². The number of rotatable bonds is 7. The number of carbonyl (C=O) groups excluding carboxylic acids is 2.